The number of hydrogen-bond acceptors (Lipinski definition) is 2. The van der Waals surface area contributed by atoms with Gasteiger partial charge in [-0.3, -0.25) is 0 Å². The molecule has 0 saturated heterocycles. The Morgan fingerprint density at radius 2 is 2.21 bits per heavy atom. The molecule has 0 aromatic heterocycles. The van der Waals surface area contributed by atoms with Crippen LogP contribution in [-0.4, -0.2) is 11.7 Å². The van der Waals surface area contributed by atoms with Crippen LogP contribution in [0.3, 0.4) is 0 Å². The fraction of sp³-hybridized carbons (Fsp3) is 0.455. The molecule has 1 aliphatic rings. The van der Waals surface area contributed by atoms with E-state index in [1.165, 1.54) is 17.5 Å². The molecule has 1 unspecified atom stereocenters. The van der Waals surface area contributed by atoms with Gasteiger partial charge in [0.2, 0.25) is 0 Å². The molecule has 1 aliphatic carbocycles. The van der Waals surface area contributed by atoms with Crippen molar-refractivity contribution in [2.24, 2.45) is 5.73 Å². The van der Waals surface area contributed by atoms with Gasteiger partial charge in [-0.15, -0.1) is 17.0 Å². The van der Waals surface area contributed by atoms with Crippen molar-refractivity contribution in [3.05, 3.63) is 29.3 Å². The molecule has 3 heteroatoms. The summed E-state index contributed by atoms with van der Waals surface area (Å²) < 4.78 is 0. The largest absolute Gasteiger partial charge is 0.508 e. The Labute approximate surface area is 94.9 Å². The molecule has 2 nitrogen and oxygen atoms in total. The molecule has 1 aromatic rings. The van der Waals surface area contributed by atoms with Gasteiger partial charge in [0.15, 0.2) is 0 Å². The second kappa shape index (κ2) is 4.80. The third-order valence-corrected chi connectivity index (χ3v) is 2.85. The highest BCUT2D eigenvalue weighted by molar-refractivity contribution is 8.93. The van der Waals surface area contributed by atoms with Crippen LogP contribution in [0.15, 0.2) is 18.2 Å². The first-order valence-corrected chi connectivity index (χ1v) is 4.83. The molecule has 1 atom stereocenters. The van der Waals surface area contributed by atoms with Crippen molar-refractivity contribution >= 4 is 17.0 Å². The fourth-order valence-electron chi connectivity index (χ4n) is 2.13. The van der Waals surface area contributed by atoms with Crippen LogP contribution in [0.25, 0.3) is 0 Å². The van der Waals surface area contributed by atoms with Gasteiger partial charge in [0, 0.05) is 0 Å². The van der Waals surface area contributed by atoms with Crippen LogP contribution in [0.2, 0.25) is 0 Å². The molecule has 3 N–H and O–H groups in total. The highest BCUT2D eigenvalue weighted by atomic mass is 79.9. The van der Waals surface area contributed by atoms with Crippen molar-refractivity contribution in [3.63, 3.8) is 0 Å². The maximum atomic E-state index is 9.36. The number of phenols is 1. The molecule has 1 aromatic carbocycles. The zero-order valence-electron chi connectivity index (χ0n) is 8.07. The van der Waals surface area contributed by atoms with Gasteiger partial charge in [-0.2, -0.15) is 0 Å². The molecule has 0 bridgehead atoms. The zero-order chi connectivity index (χ0) is 9.26. The number of aromatic hydroxyl groups is 1. The van der Waals surface area contributed by atoms with Gasteiger partial charge in [-0.25, -0.2) is 0 Å². The highest BCUT2D eigenvalue weighted by Gasteiger charge is 2.18. The van der Waals surface area contributed by atoms with Gasteiger partial charge in [0.1, 0.15) is 5.75 Å². The smallest absolute Gasteiger partial charge is 0.115 e. The molecule has 0 aliphatic heterocycles. The highest BCUT2D eigenvalue weighted by Crippen LogP contribution is 2.32. The first-order valence-electron chi connectivity index (χ1n) is 4.83. The predicted octanol–water partition coefficient (Wildman–Crippen LogP) is 2.35. The Bertz CT molecular complexity index is 314. The quantitative estimate of drug-likeness (QED) is 0.812. The third kappa shape index (κ3) is 2.10. The zero-order valence-corrected chi connectivity index (χ0v) is 9.78. The molecule has 0 heterocycles. The number of benzene rings is 1. The van der Waals surface area contributed by atoms with Crippen LogP contribution in [0, 0.1) is 0 Å². The molecule has 78 valence electrons. The van der Waals surface area contributed by atoms with Gasteiger partial charge < -0.3 is 10.8 Å². The minimum absolute atomic E-state index is 0. The number of phenolic OH excluding ortho intramolecular Hbond substituents is 1. The molecule has 0 radical (unpaired) electrons. The lowest BCUT2D eigenvalue weighted by Gasteiger charge is -2.24. The van der Waals surface area contributed by atoms with Gasteiger partial charge in [0.05, 0.1) is 0 Å². The summed E-state index contributed by atoms with van der Waals surface area (Å²) in [6.45, 7) is 0.691. The first kappa shape index (κ1) is 11.5. The van der Waals surface area contributed by atoms with E-state index in [0.717, 1.165) is 12.8 Å². The van der Waals surface area contributed by atoms with Crippen molar-refractivity contribution in [1.29, 1.82) is 0 Å². The summed E-state index contributed by atoms with van der Waals surface area (Å²) in [6.07, 6.45) is 3.51. The van der Waals surface area contributed by atoms with Crippen molar-refractivity contribution in [3.8, 4) is 5.75 Å². The summed E-state index contributed by atoms with van der Waals surface area (Å²) in [7, 11) is 0. The fourth-order valence-corrected chi connectivity index (χ4v) is 2.13. The first-order chi connectivity index (χ1) is 6.31. The van der Waals surface area contributed by atoms with Crippen LogP contribution in [0.4, 0.5) is 0 Å². The normalized spacial score (nSPS) is 19.6. The molecule has 0 fully saturated rings. The number of rotatable bonds is 1. The topological polar surface area (TPSA) is 46.2 Å². The van der Waals surface area contributed by atoms with Crippen LogP contribution in [-0.2, 0) is 6.42 Å². The van der Waals surface area contributed by atoms with E-state index in [-0.39, 0.29) is 17.0 Å². The Balaban J connectivity index is 0.000000980. The average molecular weight is 258 g/mol. The maximum Gasteiger partial charge on any atom is 0.115 e. The summed E-state index contributed by atoms with van der Waals surface area (Å²) in [4.78, 5) is 0. The van der Waals surface area contributed by atoms with Crippen LogP contribution in [0.1, 0.15) is 29.9 Å². The van der Waals surface area contributed by atoms with Crippen molar-refractivity contribution in [1.82, 2.24) is 0 Å². The Morgan fingerprint density at radius 3 is 2.93 bits per heavy atom. The van der Waals surface area contributed by atoms with E-state index >= 15 is 0 Å². The number of hydrogen-bond donors (Lipinski definition) is 2. The van der Waals surface area contributed by atoms with E-state index in [0.29, 0.717) is 18.2 Å². The predicted molar refractivity (Wildman–Crippen MR) is 63.2 cm³/mol. The lowest BCUT2D eigenvalue weighted by Crippen LogP contribution is -2.17. The number of nitrogens with two attached hydrogens (primary N) is 1. The standard InChI is InChI=1S/C11H15NO.BrH/c12-7-9-3-1-2-8-4-5-10(13)6-11(8)9;/h4-6,9,13H,1-3,7,12H2;1H. The van der Waals surface area contributed by atoms with Crippen LogP contribution < -0.4 is 5.73 Å². The average Bonchev–Trinajstić information content (AvgIpc) is 2.17. The summed E-state index contributed by atoms with van der Waals surface area (Å²) >= 11 is 0. The molecule has 0 spiro atoms. The molecule has 2 rings (SSSR count). The van der Waals surface area contributed by atoms with Gasteiger partial charge >= 0.3 is 0 Å². The second-order valence-corrected chi connectivity index (χ2v) is 3.71. The van der Waals surface area contributed by atoms with Crippen molar-refractivity contribution in [2.75, 3.05) is 6.54 Å². The van der Waals surface area contributed by atoms with E-state index in [2.05, 4.69) is 0 Å². The Kier molecular flexibility index (Phi) is 3.96. The second-order valence-electron chi connectivity index (χ2n) is 3.71. The Morgan fingerprint density at radius 1 is 1.43 bits per heavy atom. The van der Waals surface area contributed by atoms with Gasteiger partial charge in [-0.1, -0.05) is 6.07 Å². The van der Waals surface area contributed by atoms with Crippen LogP contribution in [0.5, 0.6) is 5.75 Å². The monoisotopic (exact) mass is 257 g/mol. The number of halogens is 1. The molecule has 14 heavy (non-hydrogen) atoms. The lowest BCUT2D eigenvalue weighted by atomic mass is 9.83. The third-order valence-electron chi connectivity index (χ3n) is 2.85. The van der Waals surface area contributed by atoms with Crippen LogP contribution >= 0.6 is 17.0 Å². The summed E-state index contributed by atoms with van der Waals surface area (Å²) in [5, 5.41) is 9.36. The van der Waals surface area contributed by atoms with E-state index in [1.54, 1.807) is 6.07 Å². The minimum Gasteiger partial charge on any atom is -0.508 e. The van der Waals surface area contributed by atoms with Crippen molar-refractivity contribution < 1.29 is 5.11 Å². The number of aryl methyl sites for hydroxylation is 1. The van der Waals surface area contributed by atoms with Gasteiger partial charge in [0.25, 0.3) is 0 Å². The maximum absolute atomic E-state index is 9.36. The van der Waals surface area contributed by atoms with E-state index in [4.69, 9.17) is 5.73 Å². The SMILES string of the molecule is Br.NCC1CCCc2ccc(O)cc21. The Hall–Kier alpha value is -0.540. The van der Waals surface area contributed by atoms with E-state index in [1.807, 2.05) is 12.1 Å². The molecule has 0 saturated carbocycles. The molecular formula is C11H16BrNO. The van der Waals surface area contributed by atoms with E-state index in [9.17, 15) is 5.11 Å². The summed E-state index contributed by atoms with van der Waals surface area (Å²) in [5.74, 6) is 0.815. The minimum atomic E-state index is 0. The molecule has 0 amide bonds. The molecular weight excluding hydrogens is 242 g/mol. The lowest BCUT2D eigenvalue weighted by molar-refractivity contribution is 0.470. The van der Waals surface area contributed by atoms with Crippen molar-refractivity contribution in [2.45, 2.75) is 25.2 Å². The van der Waals surface area contributed by atoms with Gasteiger partial charge in [-0.05, 0) is 55.0 Å². The summed E-state index contributed by atoms with van der Waals surface area (Å²) in [6, 6.07) is 5.65. The summed E-state index contributed by atoms with van der Waals surface area (Å²) in [5.41, 5.74) is 8.31. The number of fused-ring (bicyclic) bond motifs is 1. The van der Waals surface area contributed by atoms with E-state index < -0.39 is 0 Å².